The van der Waals surface area contributed by atoms with Crippen LogP contribution < -0.4 is 0 Å². The van der Waals surface area contributed by atoms with Crippen molar-refractivity contribution in [2.75, 3.05) is 0 Å². The standard InChI is InChI=1S/C14H29NSi/c1-14(2,13-15)11-9-7-6-8-10-12-16(3,4)5/h6-12H2,1-5H3. The molecule has 0 spiro atoms. The topological polar surface area (TPSA) is 23.8 Å². The van der Waals surface area contributed by atoms with Crippen LogP contribution in [-0.4, -0.2) is 8.07 Å². The molecular formula is C14H29NSi. The molecule has 0 saturated heterocycles. The molecule has 0 rings (SSSR count). The summed E-state index contributed by atoms with van der Waals surface area (Å²) < 4.78 is 0. The highest BCUT2D eigenvalue weighted by atomic mass is 28.3. The summed E-state index contributed by atoms with van der Waals surface area (Å²) in [5, 5.41) is 8.88. The van der Waals surface area contributed by atoms with Crippen LogP contribution in [0.2, 0.25) is 25.7 Å². The highest BCUT2D eigenvalue weighted by Crippen LogP contribution is 2.23. The molecule has 0 aliphatic heterocycles. The molecule has 0 unspecified atom stereocenters. The SMILES string of the molecule is CC(C)(C#N)CCCCCCC[Si](C)(C)C. The van der Waals surface area contributed by atoms with Gasteiger partial charge >= 0.3 is 0 Å². The molecule has 0 aromatic rings. The average Bonchev–Trinajstić information content (AvgIpc) is 2.14. The average molecular weight is 239 g/mol. The second-order valence-electron chi connectivity index (χ2n) is 6.82. The number of nitriles is 1. The minimum atomic E-state index is -0.804. The van der Waals surface area contributed by atoms with Gasteiger partial charge in [-0.1, -0.05) is 57.8 Å². The first kappa shape index (κ1) is 15.7. The van der Waals surface area contributed by atoms with Gasteiger partial charge in [0.2, 0.25) is 0 Å². The summed E-state index contributed by atoms with van der Waals surface area (Å²) in [6, 6.07) is 3.84. The van der Waals surface area contributed by atoms with Crippen LogP contribution in [0.15, 0.2) is 0 Å². The molecule has 0 heterocycles. The Morgan fingerprint density at radius 3 is 1.94 bits per heavy atom. The highest BCUT2D eigenvalue weighted by molar-refractivity contribution is 6.76. The Hall–Kier alpha value is -0.293. The van der Waals surface area contributed by atoms with E-state index in [2.05, 4.69) is 25.7 Å². The summed E-state index contributed by atoms with van der Waals surface area (Å²) in [7, 11) is -0.804. The summed E-state index contributed by atoms with van der Waals surface area (Å²) >= 11 is 0. The molecule has 0 bridgehead atoms. The van der Waals surface area contributed by atoms with Crippen molar-refractivity contribution in [1.29, 1.82) is 5.26 Å². The van der Waals surface area contributed by atoms with Crippen LogP contribution in [0.3, 0.4) is 0 Å². The maximum atomic E-state index is 8.88. The predicted octanol–water partition coefficient (Wildman–Crippen LogP) is 5.21. The molecule has 1 nitrogen and oxygen atoms in total. The third-order valence-corrected chi connectivity index (χ3v) is 4.88. The van der Waals surface area contributed by atoms with Crippen LogP contribution >= 0.6 is 0 Å². The fourth-order valence-electron chi connectivity index (χ4n) is 1.81. The van der Waals surface area contributed by atoms with E-state index < -0.39 is 8.07 Å². The summed E-state index contributed by atoms with van der Waals surface area (Å²) in [6.07, 6.45) is 7.72. The Kier molecular flexibility index (Phi) is 6.98. The Morgan fingerprint density at radius 1 is 0.938 bits per heavy atom. The van der Waals surface area contributed by atoms with Gasteiger partial charge in [-0.2, -0.15) is 5.26 Å². The Balaban J connectivity index is 3.33. The van der Waals surface area contributed by atoms with Crippen molar-refractivity contribution in [1.82, 2.24) is 0 Å². The molecule has 0 aromatic carbocycles. The largest absolute Gasteiger partial charge is 0.198 e. The molecule has 16 heavy (non-hydrogen) atoms. The van der Waals surface area contributed by atoms with Crippen molar-refractivity contribution in [2.24, 2.45) is 5.41 Å². The number of hydrogen-bond acceptors (Lipinski definition) is 1. The smallest absolute Gasteiger partial charge is 0.0683 e. The normalized spacial score (nSPS) is 12.5. The fourth-order valence-corrected chi connectivity index (χ4v) is 3.12. The lowest BCUT2D eigenvalue weighted by molar-refractivity contribution is 0.420. The van der Waals surface area contributed by atoms with Crippen molar-refractivity contribution >= 4 is 8.07 Å². The molecule has 0 aromatic heterocycles. The third-order valence-electron chi connectivity index (χ3n) is 3.03. The van der Waals surface area contributed by atoms with Gasteiger partial charge in [-0.25, -0.2) is 0 Å². The molecule has 0 N–H and O–H groups in total. The predicted molar refractivity (Wildman–Crippen MR) is 75.2 cm³/mol. The maximum Gasteiger partial charge on any atom is 0.0683 e. The van der Waals surface area contributed by atoms with Gasteiger partial charge in [-0.3, -0.25) is 0 Å². The first-order valence-corrected chi connectivity index (χ1v) is 10.4. The molecule has 0 radical (unpaired) electrons. The zero-order valence-corrected chi connectivity index (χ0v) is 12.9. The second kappa shape index (κ2) is 7.11. The van der Waals surface area contributed by atoms with Crippen LogP contribution in [0.1, 0.15) is 52.4 Å². The van der Waals surface area contributed by atoms with Gasteiger partial charge in [0.1, 0.15) is 0 Å². The quantitative estimate of drug-likeness (QED) is 0.421. The molecule has 0 aliphatic carbocycles. The molecule has 0 amide bonds. The van der Waals surface area contributed by atoms with Gasteiger partial charge < -0.3 is 0 Å². The van der Waals surface area contributed by atoms with E-state index in [1.807, 2.05) is 13.8 Å². The van der Waals surface area contributed by atoms with Crippen LogP contribution in [0.25, 0.3) is 0 Å². The van der Waals surface area contributed by atoms with Crippen molar-refractivity contribution in [3.63, 3.8) is 0 Å². The van der Waals surface area contributed by atoms with Crippen LogP contribution in [0, 0.1) is 16.7 Å². The zero-order chi connectivity index (χ0) is 12.7. The van der Waals surface area contributed by atoms with Crippen molar-refractivity contribution < 1.29 is 0 Å². The van der Waals surface area contributed by atoms with E-state index in [0.29, 0.717) is 0 Å². The van der Waals surface area contributed by atoms with E-state index in [9.17, 15) is 0 Å². The molecule has 0 atom stereocenters. The van der Waals surface area contributed by atoms with Gasteiger partial charge in [-0.15, -0.1) is 0 Å². The lowest BCUT2D eigenvalue weighted by Gasteiger charge is -2.16. The van der Waals surface area contributed by atoms with Crippen molar-refractivity contribution in [2.45, 2.75) is 78.1 Å². The van der Waals surface area contributed by atoms with Crippen molar-refractivity contribution in [3.8, 4) is 6.07 Å². The highest BCUT2D eigenvalue weighted by Gasteiger charge is 2.15. The van der Waals surface area contributed by atoms with Gasteiger partial charge in [0.05, 0.1) is 11.5 Å². The van der Waals surface area contributed by atoms with E-state index >= 15 is 0 Å². The maximum absolute atomic E-state index is 8.88. The van der Waals surface area contributed by atoms with Crippen LogP contribution in [-0.2, 0) is 0 Å². The monoisotopic (exact) mass is 239 g/mol. The molecule has 2 heteroatoms. The number of unbranched alkanes of at least 4 members (excludes halogenated alkanes) is 4. The minimum absolute atomic E-state index is 0.113. The van der Waals surface area contributed by atoms with Gasteiger partial charge in [0.15, 0.2) is 0 Å². The van der Waals surface area contributed by atoms with Crippen LogP contribution in [0.5, 0.6) is 0 Å². The first-order valence-electron chi connectivity index (χ1n) is 6.68. The first-order chi connectivity index (χ1) is 7.27. The Labute approximate surface area is 103 Å². The van der Waals surface area contributed by atoms with Gasteiger partial charge in [-0.05, 0) is 20.3 Å². The van der Waals surface area contributed by atoms with Gasteiger partial charge in [0.25, 0.3) is 0 Å². The second-order valence-corrected chi connectivity index (χ2v) is 12.4. The lowest BCUT2D eigenvalue weighted by Crippen LogP contribution is -2.18. The van der Waals surface area contributed by atoms with E-state index in [-0.39, 0.29) is 5.41 Å². The van der Waals surface area contributed by atoms with E-state index in [1.54, 1.807) is 0 Å². The number of rotatable bonds is 8. The molecular weight excluding hydrogens is 210 g/mol. The summed E-state index contributed by atoms with van der Waals surface area (Å²) in [5.41, 5.74) is -0.113. The van der Waals surface area contributed by atoms with E-state index in [4.69, 9.17) is 5.26 Å². The molecule has 0 aliphatic rings. The van der Waals surface area contributed by atoms with E-state index in [0.717, 1.165) is 6.42 Å². The Bertz CT molecular complexity index is 220. The molecule has 94 valence electrons. The Morgan fingerprint density at radius 2 is 1.44 bits per heavy atom. The summed E-state index contributed by atoms with van der Waals surface area (Å²) in [4.78, 5) is 0. The molecule has 0 fully saturated rings. The fraction of sp³-hybridized carbons (Fsp3) is 0.929. The lowest BCUT2D eigenvalue weighted by atomic mass is 9.88. The third kappa shape index (κ3) is 10.2. The van der Waals surface area contributed by atoms with E-state index in [1.165, 1.54) is 38.1 Å². The number of hydrogen-bond donors (Lipinski definition) is 0. The van der Waals surface area contributed by atoms with Gasteiger partial charge in [0, 0.05) is 8.07 Å². The zero-order valence-electron chi connectivity index (χ0n) is 11.9. The molecule has 0 saturated carbocycles. The minimum Gasteiger partial charge on any atom is -0.198 e. The van der Waals surface area contributed by atoms with Crippen LogP contribution in [0.4, 0.5) is 0 Å². The summed E-state index contributed by atoms with van der Waals surface area (Å²) in [6.45, 7) is 11.4. The number of nitrogens with zero attached hydrogens (tertiary/aromatic N) is 1. The summed E-state index contributed by atoms with van der Waals surface area (Å²) in [5.74, 6) is 0. The van der Waals surface area contributed by atoms with Crippen molar-refractivity contribution in [3.05, 3.63) is 0 Å².